The van der Waals surface area contributed by atoms with Crippen LogP contribution in [0, 0.1) is 19.9 Å². The Kier molecular flexibility index (Phi) is 5.45. The number of para-hydroxylation sites is 2. The average Bonchev–Trinajstić information content (AvgIpc) is 3.24. The molecule has 4 aromatic carbocycles. The Labute approximate surface area is 204 Å². The number of nitrogens with zero attached hydrogens (tertiary/aromatic N) is 2. The van der Waals surface area contributed by atoms with Gasteiger partial charge in [-0.2, -0.15) is 5.10 Å². The van der Waals surface area contributed by atoms with Gasteiger partial charge in [-0.1, -0.05) is 66.7 Å². The second-order valence-electron chi connectivity index (χ2n) is 7.97. The monoisotopic (exact) mass is 608 g/mol. The molecule has 0 atom stereocenters. The van der Waals surface area contributed by atoms with Crippen molar-refractivity contribution in [2.45, 2.75) is 13.8 Å². The Morgan fingerprint density at radius 1 is 0.758 bits per heavy atom. The van der Waals surface area contributed by atoms with Crippen molar-refractivity contribution in [1.82, 2.24) is 10.2 Å². The molecule has 2 aromatic heterocycles. The van der Waals surface area contributed by atoms with Crippen LogP contribution in [-0.4, -0.2) is 10.2 Å². The van der Waals surface area contributed by atoms with Crippen molar-refractivity contribution in [3.63, 3.8) is 0 Å². The maximum atomic E-state index is 6.34. The van der Waals surface area contributed by atoms with E-state index in [2.05, 4.69) is 40.5 Å². The van der Waals surface area contributed by atoms with Crippen molar-refractivity contribution in [2.24, 2.45) is 0 Å². The summed E-state index contributed by atoms with van der Waals surface area (Å²) in [5, 5.41) is 13.9. The van der Waals surface area contributed by atoms with Gasteiger partial charge in [0.1, 0.15) is 5.75 Å². The summed E-state index contributed by atoms with van der Waals surface area (Å²) in [5.41, 5.74) is 3.52. The smallest absolute Gasteiger partial charge is 0.245 e. The van der Waals surface area contributed by atoms with Crippen LogP contribution in [0.4, 0.5) is 0 Å². The molecule has 5 heteroatoms. The van der Waals surface area contributed by atoms with Crippen LogP contribution in [0.25, 0.3) is 44.0 Å². The van der Waals surface area contributed by atoms with E-state index in [1.54, 1.807) is 0 Å². The molecular formula is C28H19IrN2O2-. The quantitative estimate of drug-likeness (QED) is 0.155. The van der Waals surface area contributed by atoms with Gasteiger partial charge >= 0.3 is 0 Å². The first-order chi connectivity index (χ1) is 15.7. The molecule has 33 heavy (non-hydrogen) atoms. The summed E-state index contributed by atoms with van der Waals surface area (Å²) in [6.07, 6.45) is 0. The van der Waals surface area contributed by atoms with Crippen LogP contribution >= 0.6 is 0 Å². The largest absolute Gasteiger partial charge is 0.518 e. The molecule has 0 fully saturated rings. The average molecular weight is 608 g/mol. The molecule has 0 saturated heterocycles. The van der Waals surface area contributed by atoms with Crippen molar-refractivity contribution in [1.29, 1.82) is 0 Å². The molecule has 0 N–H and O–H groups in total. The summed E-state index contributed by atoms with van der Waals surface area (Å²) in [6.45, 7) is 4.07. The predicted octanol–water partition coefficient (Wildman–Crippen LogP) is 7.40. The van der Waals surface area contributed by atoms with E-state index < -0.39 is 0 Å². The van der Waals surface area contributed by atoms with E-state index in [0.717, 1.165) is 49.4 Å². The fourth-order valence-corrected chi connectivity index (χ4v) is 4.14. The maximum absolute atomic E-state index is 6.34. The summed E-state index contributed by atoms with van der Waals surface area (Å²) in [6, 6.07) is 29.7. The zero-order chi connectivity index (χ0) is 21.7. The molecule has 0 aliphatic carbocycles. The number of fused-ring (bicyclic) bond motifs is 3. The first kappa shape index (κ1) is 21.3. The van der Waals surface area contributed by atoms with Crippen LogP contribution in [0.5, 0.6) is 11.6 Å². The van der Waals surface area contributed by atoms with E-state index in [1.165, 1.54) is 0 Å². The third kappa shape index (κ3) is 3.70. The van der Waals surface area contributed by atoms with Crippen LogP contribution in [-0.2, 0) is 20.1 Å². The topological polar surface area (TPSA) is 48.2 Å². The van der Waals surface area contributed by atoms with Crippen LogP contribution in [0.15, 0.2) is 83.3 Å². The fourth-order valence-electron chi connectivity index (χ4n) is 4.14. The summed E-state index contributed by atoms with van der Waals surface area (Å²) >= 11 is 0. The Hall–Kier alpha value is -3.53. The number of furan rings is 1. The van der Waals surface area contributed by atoms with E-state index in [4.69, 9.17) is 9.15 Å². The van der Waals surface area contributed by atoms with E-state index in [0.29, 0.717) is 17.3 Å². The van der Waals surface area contributed by atoms with Crippen molar-refractivity contribution in [3.05, 3.63) is 96.1 Å². The molecule has 0 saturated carbocycles. The molecule has 0 aliphatic heterocycles. The van der Waals surface area contributed by atoms with Gasteiger partial charge in [-0.3, -0.25) is 0 Å². The molecule has 0 unspecified atom stereocenters. The van der Waals surface area contributed by atoms with Gasteiger partial charge in [-0.15, -0.1) is 22.6 Å². The summed E-state index contributed by atoms with van der Waals surface area (Å²) in [4.78, 5) is 0. The van der Waals surface area contributed by atoms with Gasteiger partial charge in [0, 0.05) is 31.1 Å². The predicted molar refractivity (Wildman–Crippen MR) is 127 cm³/mol. The maximum Gasteiger partial charge on any atom is 0.245 e. The fraction of sp³-hybridized carbons (Fsp3) is 0.0714. The minimum Gasteiger partial charge on any atom is -0.518 e. The summed E-state index contributed by atoms with van der Waals surface area (Å²) < 4.78 is 12.4. The van der Waals surface area contributed by atoms with E-state index in [1.807, 2.05) is 68.4 Å². The molecular weight excluding hydrogens is 589 g/mol. The molecule has 0 aliphatic rings. The van der Waals surface area contributed by atoms with Crippen molar-refractivity contribution >= 4 is 32.5 Å². The van der Waals surface area contributed by atoms with E-state index in [-0.39, 0.29) is 20.1 Å². The van der Waals surface area contributed by atoms with Crippen LogP contribution in [0.3, 0.4) is 0 Å². The number of hydrogen-bond acceptors (Lipinski definition) is 4. The van der Waals surface area contributed by atoms with Gasteiger partial charge in [0.25, 0.3) is 0 Å². The molecule has 0 amide bonds. The van der Waals surface area contributed by atoms with Gasteiger partial charge in [0.2, 0.25) is 5.88 Å². The van der Waals surface area contributed by atoms with Crippen LogP contribution < -0.4 is 4.74 Å². The Bertz CT molecular complexity index is 1590. The number of aromatic nitrogens is 2. The Morgan fingerprint density at radius 2 is 1.42 bits per heavy atom. The Morgan fingerprint density at radius 3 is 2.15 bits per heavy atom. The van der Waals surface area contributed by atoms with Crippen molar-refractivity contribution in [3.8, 4) is 23.1 Å². The molecule has 163 valence electrons. The molecule has 2 heterocycles. The second kappa shape index (κ2) is 8.43. The van der Waals surface area contributed by atoms with Gasteiger partial charge in [-0.25, -0.2) is 0 Å². The summed E-state index contributed by atoms with van der Waals surface area (Å²) in [7, 11) is 0. The standard InChI is InChI=1S/C28H19N2O2.Ir/c1-17-8-7-9-18(2)27(17)32-28-23-15-20-11-4-3-10-19(20)14-22(23)26(29-30-28)25-16-21-12-5-6-13-24(21)31-25;/h3-15H,1-2H3;/q-1;. The molecule has 4 nitrogen and oxygen atoms in total. The minimum atomic E-state index is 0. The van der Waals surface area contributed by atoms with Crippen LogP contribution in [0.2, 0.25) is 0 Å². The third-order valence-electron chi connectivity index (χ3n) is 5.78. The molecule has 6 aromatic rings. The van der Waals surface area contributed by atoms with Gasteiger partial charge in [0.15, 0.2) is 0 Å². The number of ether oxygens (including phenoxy) is 1. The SMILES string of the molecule is Cc1cccc(C)c1Oc1nnc(-c2[c-]c3ccccc3o2)c2cc3ccccc3cc12.[Ir]. The van der Waals surface area contributed by atoms with Gasteiger partial charge in [-0.05, 0) is 47.2 Å². The molecule has 6 rings (SSSR count). The second-order valence-corrected chi connectivity index (χ2v) is 7.97. The first-order valence-corrected chi connectivity index (χ1v) is 10.5. The van der Waals surface area contributed by atoms with E-state index in [9.17, 15) is 0 Å². The number of aryl methyl sites for hydroxylation is 2. The zero-order valence-corrected chi connectivity index (χ0v) is 20.4. The third-order valence-corrected chi connectivity index (χ3v) is 5.78. The number of benzene rings is 4. The first-order valence-electron chi connectivity index (χ1n) is 10.5. The molecule has 0 spiro atoms. The molecule has 0 bridgehead atoms. The normalized spacial score (nSPS) is 11.1. The zero-order valence-electron chi connectivity index (χ0n) is 18.0. The summed E-state index contributed by atoms with van der Waals surface area (Å²) in [5.74, 6) is 1.85. The molecule has 1 radical (unpaired) electrons. The number of hydrogen-bond donors (Lipinski definition) is 0. The van der Waals surface area contributed by atoms with Crippen molar-refractivity contribution in [2.75, 3.05) is 0 Å². The number of rotatable bonds is 3. The van der Waals surface area contributed by atoms with Gasteiger partial charge < -0.3 is 9.15 Å². The minimum absolute atomic E-state index is 0. The van der Waals surface area contributed by atoms with Crippen LogP contribution in [0.1, 0.15) is 11.1 Å². The van der Waals surface area contributed by atoms with E-state index >= 15 is 0 Å². The van der Waals surface area contributed by atoms with Crippen molar-refractivity contribution < 1.29 is 29.3 Å². The van der Waals surface area contributed by atoms with Gasteiger partial charge in [0.05, 0.1) is 11.5 Å². The Balaban J connectivity index is 0.00000228.